The number of nitrogens with zero attached hydrogens (tertiary/aromatic N) is 1. The molecular formula is C22H24FN3O2. The van der Waals surface area contributed by atoms with Gasteiger partial charge >= 0.3 is 6.03 Å². The number of carbonyl (C=O) groups excluding carboxylic acids is 2. The van der Waals surface area contributed by atoms with E-state index < -0.39 is 5.41 Å². The molecule has 2 aromatic carbocycles. The highest BCUT2D eigenvalue weighted by molar-refractivity contribution is 5.91. The van der Waals surface area contributed by atoms with Crippen molar-refractivity contribution in [3.05, 3.63) is 65.5 Å². The summed E-state index contributed by atoms with van der Waals surface area (Å²) in [5.41, 5.74) is 1.97. The number of amides is 3. The number of anilines is 1. The van der Waals surface area contributed by atoms with Gasteiger partial charge in [0, 0.05) is 25.3 Å². The number of halogens is 1. The highest BCUT2D eigenvalue weighted by Gasteiger charge is 2.51. The molecule has 2 fully saturated rings. The van der Waals surface area contributed by atoms with Crippen molar-refractivity contribution in [3.63, 3.8) is 0 Å². The van der Waals surface area contributed by atoms with Gasteiger partial charge in [-0.2, -0.15) is 0 Å². The molecule has 0 unspecified atom stereocenters. The Balaban J connectivity index is 1.36. The van der Waals surface area contributed by atoms with Crippen LogP contribution in [0.4, 0.5) is 14.9 Å². The molecule has 2 aliphatic rings. The molecule has 0 aromatic heterocycles. The lowest BCUT2D eigenvalue weighted by Gasteiger charge is -2.17. The Labute approximate surface area is 163 Å². The second-order valence-electron chi connectivity index (χ2n) is 7.60. The van der Waals surface area contributed by atoms with Gasteiger partial charge in [0.25, 0.3) is 0 Å². The lowest BCUT2D eigenvalue weighted by atomic mass is 9.95. The molecule has 1 saturated heterocycles. The fourth-order valence-electron chi connectivity index (χ4n) is 3.77. The van der Waals surface area contributed by atoms with Crippen LogP contribution in [0.15, 0.2) is 48.5 Å². The lowest BCUT2D eigenvalue weighted by Crippen LogP contribution is -2.34. The summed E-state index contributed by atoms with van der Waals surface area (Å²) in [4.78, 5) is 26.8. The van der Waals surface area contributed by atoms with Crippen LogP contribution in [0.5, 0.6) is 0 Å². The van der Waals surface area contributed by atoms with Crippen molar-refractivity contribution < 1.29 is 14.0 Å². The number of carbonyl (C=O) groups is 2. The van der Waals surface area contributed by atoms with E-state index in [1.54, 1.807) is 12.1 Å². The molecule has 4 rings (SSSR count). The number of nitrogens with one attached hydrogen (secondary N) is 2. The van der Waals surface area contributed by atoms with E-state index in [1.807, 2.05) is 29.2 Å². The first-order valence-electron chi connectivity index (χ1n) is 9.76. The van der Waals surface area contributed by atoms with E-state index in [2.05, 4.69) is 10.6 Å². The molecule has 146 valence electrons. The Morgan fingerprint density at radius 3 is 2.43 bits per heavy atom. The standard InChI is InChI=1S/C22H24FN3O2/c23-18-8-6-17(7-9-18)22(10-11-22)20(27)24-15-16-4-3-5-19(14-16)25-21(28)26-12-1-2-13-26/h3-9,14H,1-2,10-13,15H2,(H,24,27)(H,25,28). The van der Waals surface area contributed by atoms with Crippen LogP contribution in [-0.4, -0.2) is 29.9 Å². The van der Waals surface area contributed by atoms with Crippen molar-refractivity contribution in [3.8, 4) is 0 Å². The quantitative estimate of drug-likeness (QED) is 0.828. The van der Waals surface area contributed by atoms with Gasteiger partial charge in [0.1, 0.15) is 5.82 Å². The van der Waals surface area contributed by atoms with E-state index in [0.717, 1.165) is 55.6 Å². The third-order valence-corrected chi connectivity index (χ3v) is 5.61. The fraction of sp³-hybridized carbons (Fsp3) is 0.364. The van der Waals surface area contributed by atoms with Crippen molar-refractivity contribution in [2.45, 2.75) is 37.6 Å². The zero-order valence-corrected chi connectivity index (χ0v) is 15.7. The van der Waals surface area contributed by atoms with E-state index in [9.17, 15) is 14.0 Å². The maximum atomic E-state index is 13.2. The summed E-state index contributed by atoms with van der Waals surface area (Å²) >= 11 is 0. The minimum atomic E-state index is -0.532. The molecular weight excluding hydrogens is 357 g/mol. The summed E-state index contributed by atoms with van der Waals surface area (Å²) in [5.74, 6) is -0.335. The monoisotopic (exact) mass is 381 g/mol. The Morgan fingerprint density at radius 1 is 1.04 bits per heavy atom. The summed E-state index contributed by atoms with van der Waals surface area (Å²) in [6, 6.07) is 13.6. The molecule has 0 bridgehead atoms. The zero-order chi connectivity index (χ0) is 19.6. The summed E-state index contributed by atoms with van der Waals surface area (Å²) < 4.78 is 13.2. The van der Waals surface area contributed by atoms with Crippen LogP contribution in [-0.2, 0) is 16.8 Å². The third kappa shape index (κ3) is 3.86. The Hall–Kier alpha value is -2.89. The van der Waals surface area contributed by atoms with Gasteiger partial charge in [0.15, 0.2) is 0 Å². The molecule has 1 aliphatic heterocycles. The first-order chi connectivity index (χ1) is 13.6. The number of rotatable bonds is 5. The number of hydrogen-bond acceptors (Lipinski definition) is 2. The molecule has 3 amide bonds. The van der Waals surface area contributed by atoms with Gasteiger partial charge in [-0.1, -0.05) is 24.3 Å². The SMILES string of the molecule is O=C(Nc1cccc(CNC(=O)C2(c3ccc(F)cc3)CC2)c1)N1CCCC1. The lowest BCUT2D eigenvalue weighted by molar-refractivity contribution is -0.123. The highest BCUT2D eigenvalue weighted by Crippen LogP contribution is 2.48. The van der Waals surface area contributed by atoms with Crippen molar-refractivity contribution in [2.75, 3.05) is 18.4 Å². The molecule has 1 heterocycles. The van der Waals surface area contributed by atoms with E-state index in [0.29, 0.717) is 6.54 Å². The van der Waals surface area contributed by atoms with Crippen molar-refractivity contribution in [1.29, 1.82) is 0 Å². The van der Waals surface area contributed by atoms with Crippen LogP contribution in [0, 0.1) is 5.82 Å². The second-order valence-corrected chi connectivity index (χ2v) is 7.60. The third-order valence-electron chi connectivity index (χ3n) is 5.61. The Bertz CT molecular complexity index is 872. The van der Waals surface area contributed by atoms with Gasteiger partial charge in [-0.05, 0) is 61.1 Å². The molecule has 0 atom stereocenters. The van der Waals surface area contributed by atoms with Gasteiger partial charge in [0.2, 0.25) is 5.91 Å². The predicted molar refractivity (Wildman–Crippen MR) is 105 cm³/mol. The molecule has 2 aromatic rings. The maximum Gasteiger partial charge on any atom is 0.321 e. The molecule has 28 heavy (non-hydrogen) atoms. The first kappa shape index (κ1) is 18.5. The van der Waals surface area contributed by atoms with Crippen molar-refractivity contribution in [2.24, 2.45) is 0 Å². The average Bonchev–Trinajstić information content (AvgIpc) is 3.32. The van der Waals surface area contributed by atoms with Crippen molar-refractivity contribution >= 4 is 17.6 Å². The van der Waals surface area contributed by atoms with Crippen LogP contribution in [0.3, 0.4) is 0 Å². The Kier molecular flexibility index (Phi) is 5.03. The average molecular weight is 381 g/mol. The largest absolute Gasteiger partial charge is 0.351 e. The number of likely N-dealkylation sites (tertiary alicyclic amines) is 1. The normalized spacial score (nSPS) is 17.2. The smallest absolute Gasteiger partial charge is 0.321 e. The molecule has 0 spiro atoms. The number of benzene rings is 2. The van der Waals surface area contributed by atoms with E-state index in [4.69, 9.17) is 0 Å². The highest BCUT2D eigenvalue weighted by atomic mass is 19.1. The fourth-order valence-corrected chi connectivity index (χ4v) is 3.77. The molecule has 6 heteroatoms. The van der Waals surface area contributed by atoms with Gasteiger partial charge < -0.3 is 15.5 Å². The molecule has 0 radical (unpaired) electrons. The number of urea groups is 1. The topological polar surface area (TPSA) is 61.4 Å². The second kappa shape index (κ2) is 7.62. The zero-order valence-electron chi connectivity index (χ0n) is 15.7. The maximum absolute atomic E-state index is 13.2. The van der Waals surface area contributed by atoms with Gasteiger partial charge in [-0.3, -0.25) is 4.79 Å². The molecule has 5 nitrogen and oxygen atoms in total. The number of hydrogen-bond donors (Lipinski definition) is 2. The summed E-state index contributed by atoms with van der Waals surface area (Å²) in [7, 11) is 0. The molecule has 1 saturated carbocycles. The van der Waals surface area contributed by atoms with Gasteiger partial charge in [-0.15, -0.1) is 0 Å². The predicted octanol–water partition coefficient (Wildman–Crippen LogP) is 3.80. The molecule has 1 aliphatic carbocycles. The van der Waals surface area contributed by atoms with Crippen molar-refractivity contribution in [1.82, 2.24) is 10.2 Å². The van der Waals surface area contributed by atoms with Crippen LogP contribution in [0.25, 0.3) is 0 Å². The summed E-state index contributed by atoms with van der Waals surface area (Å²) in [6.45, 7) is 1.98. The van der Waals surface area contributed by atoms with Crippen LogP contribution in [0.2, 0.25) is 0 Å². The van der Waals surface area contributed by atoms with Crippen LogP contribution in [0.1, 0.15) is 36.8 Å². The molecule has 2 N–H and O–H groups in total. The van der Waals surface area contributed by atoms with Gasteiger partial charge in [0.05, 0.1) is 5.41 Å². The van der Waals surface area contributed by atoms with E-state index >= 15 is 0 Å². The van der Waals surface area contributed by atoms with E-state index in [1.165, 1.54) is 12.1 Å². The minimum Gasteiger partial charge on any atom is -0.351 e. The summed E-state index contributed by atoms with van der Waals surface area (Å²) in [6.07, 6.45) is 3.65. The van der Waals surface area contributed by atoms with Crippen LogP contribution >= 0.6 is 0 Å². The first-order valence-corrected chi connectivity index (χ1v) is 9.76. The summed E-state index contributed by atoms with van der Waals surface area (Å²) in [5, 5.41) is 5.92. The minimum absolute atomic E-state index is 0.0365. The Morgan fingerprint density at radius 2 is 1.75 bits per heavy atom. The van der Waals surface area contributed by atoms with Gasteiger partial charge in [-0.25, -0.2) is 9.18 Å². The van der Waals surface area contributed by atoms with E-state index in [-0.39, 0.29) is 17.8 Å². The van der Waals surface area contributed by atoms with Crippen LogP contribution < -0.4 is 10.6 Å².